The first kappa shape index (κ1) is 14.4. The molecule has 3 rings (SSSR count). The summed E-state index contributed by atoms with van der Waals surface area (Å²) in [5, 5.41) is 21.5. The number of rotatable bonds is 6. The second kappa shape index (κ2) is 6.50. The predicted molar refractivity (Wildman–Crippen MR) is 83.6 cm³/mol. The highest BCUT2D eigenvalue weighted by molar-refractivity contribution is 7.09. The second-order valence-electron chi connectivity index (χ2n) is 4.67. The summed E-state index contributed by atoms with van der Waals surface area (Å²) in [5.41, 5.74) is 3.22. The fourth-order valence-corrected chi connectivity index (χ4v) is 2.83. The summed E-state index contributed by atoms with van der Waals surface area (Å²) in [4.78, 5) is 14.8. The lowest BCUT2D eigenvalue weighted by atomic mass is 10.1. The minimum atomic E-state index is -0.997. The van der Waals surface area contributed by atoms with E-state index in [0.29, 0.717) is 13.1 Å². The monoisotopic (exact) mass is 314 g/mol. The Labute approximate surface area is 130 Å². The van der Waals surface area contributed by atoms with Gasteiger partial charge < -0.3 is 10.4 Å². The molecule has 0 aliphatic heterocycles. The van der Waals surface area contributed by atoms with Crippen LogP contribution in [0.4, 0.5) is 0 Å². The third-order valence-corrected chi connectivity index (χ3v) is 3.99. The fourth-order valence-electron chi connectivity index (χ4n) is 2.09. The lowest BCUT2D eigenvalue weighted by Gasteiger charge is -2.04. The molecule has 3 N–H and O–H groups in total. The van der Waals surface area contributed by atoms with Gasteiger partial charge in [0.05, 0.1) is 11.9 Å². The van der Waals surface area contributed by atoms with Crippen LogP contribution in [0.15, 0.2) is 41.9 Å². The number of H-pyrrole nitrogens is 1. The van der Waals surface area contributed by atoms with Crippen LogP contribution in [0, 0.1) is 0 Å². The number of hydrogen-bond donors (Lipinski definition) is 3. The second-order valence-corrected chi connectivity index (χ2v) is 5.61. The quantitative estimate of drug-likeness (QED) is 0.650. The van der Waals surface area contributed by atoms with E-state index in [4.69, 9.17) is 5.11 Å². The Morgan fingerprint density at radius 1 is 1.27 bits per heavy atom. The zero-order chi connectivity index (χ0) is 15.4. The van der Waals surface area contributed by atoms with Crippen molar-refractivity contribution in [2.45, 2.75) is 13.1 Å². The summed E-state index contributed by atoms with van der Waals surface area (Å²) >= 11 is 1.34. The molecule has 0 spiro atoms. The van der Waals surface area contributed by atoms with Gasteiger partial charge in [0.15, 0.2) is 5.69 Å². The Morgan fingerprint density at radius 3 is 2.82 bits per heavy atom. The third kappa shape index (κ3) is 3.21. The van der Waals surface area contributed by atoms with E-state index in [9.17, 15) is 4.79 Å². The maximum Gasteiger partial charge on any atom is 0.355 e. The van der Waals surface area contributed by atoms with E-state index in [1.165, 1.54) is 11.3 Å². The van der Waals surface area contributed by atoms with Crippen LogP contribution in [0.2, 0.25) is 0 Å². The molecule has 0 bridgehead atoms. The van der Waals surface area contributed by atoms with E-state index in [1.807, 2.05) is 30.3 Å². The molecule has 0 radical (unpaired) electrons. The summed E-state index contributed by atoms with van der Waals surface area (Å²) in [6.45, 7) is 1.15. The van der Waals surface area contributed by atoms with Crippen LogP contribution < -0.4 is 5.32 Å². The highest BCUT2D eigenvalue weighted by Gasteiger charge is 2.10. The molecule has 0 aliphatic carbocycles. The summed E-state index contributed by atoms with van der Waals surface area (Å²) in [5.74, 6) is -0.997. The highest BCUT2D eigenvalue weighted by atomic mass is 32.1. The van der Waals surface area contributed by atoms with Gasteiger partial charge in [-0.3, -0.25) is 5.10 Å². The Kier molecular flexibility index (Phi) is 4.27. The maximum absolute atomic E-state index is 10.8. The average molecular weight is 314 g/mol. The zero-order valence-electron chi connectivity index (χ0n) is 11.6. The minimum Gasteiger partial charge on any atom is -0.476 e. The molecule has 2 aromatic heterocycles. The predicted octanol–water partition coefficient (Wildman–Crippen LogP) is 2.52. The summed E-state index contributed by atoms with van der Waals surface area (Å²) in [6, 6.07) is 9.99. The highest BCUT2D eigenvalue weighted by Crippen LogP contribution is 2.20. The molecular weight excluding hydrogens is 300 g/mol. The van der Waals surface area contributed by atoms with Crippen molar-refractivity contribution >= 4 is 17.3 Å². The number of carboxylic acids is 1. The zero-order valence-corrected chi connectivity index (χ0v) is 12.4. The van der Waals surface area contributed by atoms with Crippen molar-refractivity contribution in [2.24, 2.45) is 0 Å². The molecule has 0 aliphatic rings. The van der Waals surface area contributed by atoms with Crippen molar-refractivity contribution < 1.29 is 9.90 Å². The molecule has 0 saturated heterocycles. The number of nitrogens with one attached hydrogen (secondary N) is 2. The van der Waals surface area contributed by atoms with Crippen LogP contribution in [-0.4, -0.2) is 26.3 Å². The van der Waals surface area contributed by atoms with Gasteiger partial charge in [0, 0.05) is 24.0 Å². The van der Waals surface area contributed by atoms with Gasteiger partial charge in [0.1, 0.15) is 5.01 Å². The van der Waals surface area contributed by atoms with Crippen LogP contribution in [0.5, 0.6) is 0 Å². The Hall–Kier alpha value is -2.51. The molecule has 6 nitrogen and oxygen atoms in total. The Bertz CT molecular complexity index is 767. The molecule has 0 amide bonds. The van der Waals surface area contributed by atoms with Crippen LogP contribution in [0.25, 0.3) is 11.3 Å². The molecule has 7 heteroatoms. The standard InChI is InChI=1S/C15H14N4O2S/c20-15(21)12-9-22-13(18-12)8-16-6-11-7-17-19-14(11)10-4-2-1-3-5-10/h1-5,7,9,16H,6,8H2,(H,17,19)(H,20,21). The van der Waals surface area contributed by atoms with E-state index in [2.05, 4.69) is 20.5 Å². The molecule has 0 unspecified atom stereocenters. The number of nitrogens with zero attached hydrogens (tertiary/aromatic N) is 2. The molecule has 1 aromatic carbocycles. The first-order chi connectivity index (χ1) is 10.7. The van der Waals surface area contributed by atoms with Gasteiger partial charge in [-0.15, -0.1) is 11.3 Å². The largest absolute Gasteiger partial charge is 0.476 e. The van der Waals surface area contributed by atoms with Gasteiger partial charge in [-0.2, -0.15) is 5.10 Å². The molecule has 112 valence electrons. The van der Waals surface area contributed by atoms with Crippen molar-refractivity contribution in [3.63, 3.8) is 0 Å². The van der Waals surface area contributed by atoms with Crippen molar-refractivity contribution in [1.82, 2.24) is 20.5 Å². The maximum atomic E-state index is 10.8. The molecule has 3 aromatic rings. The minimum absolute atomic E-state index is 0.0927. The summed E-state index contributed by atoms with van der Waals surface area (Å²) in [6.07, 6.45) is 1.79. The van der Waals surface area contributed by atoms with Crippen molar-refractivity contribution in [3.8, 4) is 11.3 Å². The third-order valence-electron chi connectivity index (χ3n) is 3.14. The molecule has 22 heavy (non-hydrogen) atoms. The number of carbonyl (C=O) groups is 1. The first-order valence-electron chi connectivity index (χ1n) is 6.70. The molecule has 0 atom stereocenters. The van der Waals surface area contributed by atoms with Gasteiger partial charge in [0.2, 0.25) is 0 Å². The van der Waals surface area contributed by atoms with Gasteiger partial charge >= 0.3 is 5.97 Å². The molecule has 2 heterocycles. The number of aromatic carboxylic acids is 1. The molecule has 0 fully saturated rings. The van der Waals surface area contributed by atoms with Gasteiger partial charge in [-0.05, 0) is 5.56 Å². The lowest BCUT2D eigenvalue weighted by Crippen LogP contribution is -2.13. The lowest BCUT2D eigenvalue weighted by molar-refractivity contribution is 0.0691. The van der Waals surface area contributed by atoms with Crippen molar-refractivity contribution in [1.29, 1.82) is 0 Å². The van der Waals surface area contributed by atoms with Gasteiger partial charge in [0.25, 0.3) is 0 Å². The van der Waals surface area contributed by atoms with E-state index >= 15 is 0 Å². The number of thiazole rings is 1. The SMILES string of the molecule is O=C(O)c1csc(CNCc2cn[nH]c2-c2ccccc2)n1. The van der Waals surface area contributed by atoms with Crippen LogP contribution in [0.3, 0.4) is 0 Å². The van der Waals surface area contributed by atoms with E-state index in [1.54, 1.807) is 11.6 Å². The number of hydrogen-bond acceptors (Lipinski definition) is 5. The first-order valence-corrected chi connectivity index (χ1v) is 7.58. The number of benzene rings is 1. The van der Waals surface area contributed by atoms with Gasteiger partial charge in [-0.25, -0.2) is 9.78 Å². The van der Waals surface area contributed by atoms with Crippen LogP contribution in [0.1, 0.15) is 21.1 Å². The Balaban J connectivity index is 1.63. The number of aromatic amines is 1. The normalized spacial score (nSPS) is 10.7. The van der Waals surface area contributed by atoms with E-state index < -0.39 is 5.97 Å². The fraction of sp³-hybridized carbons (Fsp3) is 0.133. The summed E-state index contributed by atoms with van der Waals surface area (Å²) in [7, 11) is 0. The van der Waals surface area contributed by atoms with E-state index in [0.717, 1.165) is 21.8 Å². The van der Waals surface area contributed by atoms with E-state index in [-0.39, 0.29) is 5.69 Å². The van der Waals surface area contributed by atoms with Crippen molar-refractivity contribution in [3.05, 3.63) is 58.2 Å². The topological polar surface area (TPSA) is 90.9 Å². The Morgan fingerprint density at radius 2 is 2.09 bits per heavy atom. The van der Waals surface area contributed by atoms with Crippen LogP contribution in [-0.2, 0) is 13.1 Å². The molecule has 0 saturated carbocycles. The smallest absolute Gasteiger partial charge is 0.355 e. The molecular formula is C15H14N4O2S. The average Bonchev–Trinajstić information content (AvgIpc) is 3.17. The van der Waals surface area contributed by atoms with Gasteiger partial charge in [-0.1, -0.05) is 30.3 Å². The number of carboxylic acid groups (broad SMARTS) is 1. The summed E-state index contributed by atoms with van der Waals surface area (Å²) < 4.78 is 0. The van der Waals surface area contributed by atoms with Crippen molar-refractivity contribution in [2.75, 3.05) is 0 Å². The number of aromatic nitrogens is 3. The van der Waals surface area contributed by atoms with Crippen LogP contribution >= 0.6 is 11.3 Å².